The van der Waals surface area contributed by atoms with Crippen molar-refractivity contribution in [2.75, 3.05) is 23.7 Å². The number of amides is 2. The number of anilines is 1. The summed E-state index contributed by atoms with van der Waals surface area (Å²) in [7, 11) is -3.82. The second-order valence-corrected chi connectivity index (χ2v) is 9.67. The molecule has 0 bridgehead atoms. The molecule has 2 rings (SSSR count). The first-order valence-electron chi connectivity index (χ1n) is 9.58. The van der Waals surface area contributed by atoms with Crippen molar-refractivity contribution in [1.82, 2.24) is 10.2 Å². The van der Waals surface area contributed by atoms with Crippen LogP contribution in [0.3, 0.4) is 0 Å². The monoisotopic (exact) mass is 485 g/mol. The number of nitrogens with zero attached hydrogens (tertiary/aromatic N) is 2. The van der Waals surface area contributed by atoms with Gasteiger partial charge in [-0.05, 0) is 37.6 Å². The molecule has 2 aromatic carbocycles. The summed E-state index contributed by atoms with van der Waals surface area (Å²) in [5.41, 5.74) is 1.02. The maximum Gasteiger partial charge on any atom is 0.244 e. The SMILES string of the molecule is CCNC(=O)[C@@H](C)N(Cc1ccccc1)C(=O)CN(c1ccc(Cl)c(Cl)c1)S(C)(=O)=O. The lowest BCUT2D eigenvalue weighted by molar-refractivity contribution is -0.139. The van der Waals surface area contributed by atoms with Crippen LogP contribution in [0.1, 0.15) is 19.4 Å². The zero-order chi connectivity index (χ0) is 23.2. The fourth-order valence-corrected chi connectivity index (χ4v) is 4.07. The van der Waals surface area contributed by atoms with Gasteiger partial charge in [-0.2, -0.15) is 0 Å². The molecule has 2 aromatic rings. The van der Waals surface area contributed by atoms with Gasteiger partial charge in [0.2, 0.25) is 21.8 Å². The zero-order valence-corrected chi connectivity index (χ0v) is 19.8. The lowest BCUT2D eigenvalue weighted by Crippen LogP contribution is -2.51. The van der Waals surface area contributed by atoms with E-state index in [1.54, 1.807) is 13.8 Å². The van der Waals surface area contributed by atoms with Crippen LogP contribution >= 0.6 is 23.2 Å². The minimum atomic E-state index is -3.82. The third kappa shape index (κ3) is 6.85. The van der Waals surface area contributed by atoms with Crippen molar-refractivity contribution in [2.45, 2.75) is 26.4 Å². The standard InChI is InChI=1S/C21H25Cl2N3O4S/c1-4-24-21(28)15(2)25(13-16-8-6-5-7-9-16)20(27)14-26(31(3,29)30)17-10-11-18(22)19(23)12-17/h5-12,15H,4,13-14H2,1-3H3,(H,24,28)/t15-/m1/s1. The van der Waals surface area contributed by atoms with Crippen molar-refractivity contribution < 1.29 is 18.0 Å². The number of halogens is 2. The summed E-state index contributed by atoms with van der Waals surface area (Å²) in [5.74, 6) is -0.855. The highest BCUT2D eigenvalue weighted by Crippen LogP contribution is 2.28. The summed E-state index contributed by atoms with van der Waals surface area (Å²) < 4.78 is 25.8. The van der Waals surface area contributed by atoms with E-state index in [1.165, 1.54) is 23.1 Å². The number of nitrogens with one attached hydrogen (secondary N) is 1. The molecule has 1 N–H and O–H groups in total. The van der Waals surface area contributed by atoms with E-state index in [0.717, 1.165) is 16.1 Å². The Morgan fingerprint density at radius 2 is 1.71 bits per heavy atom. The van der Waals surface area contributed by atoms with Crippen molar-refractivity contribution in [2.24, 2.45) is 0 Å². The quantitative estimate of drug-likeness (QED) is 0.589. The van der Waals surface area contributed by atoms with Crippen molar-refractivity contribution >= 4 is 50.7 Å². The first kappa shape index (κ1) is 25.0. The Bertz CT molecular complexity index is 1030. The maximum atomic E-state index is 13.3. The smallest absolute Gasteiger partial charge is 0.244 e. The molecule has 0 heterocycles. The summed E-state index contributed by atoms with van der Waals surface area (Å²) in [4.78, 5) is 27.1. The lowest BCUT2D eigenvalue weighted by atomic mass is 10.1. The van der Waals surface area contributed by atoms with E-state index in [1.807, 2.05) is 30.3 Å². The molecule has 0 aliphatic heterocycles. The molecule has 0 unspecified atom stereocenters. The molecule has 1 atom stereocenters. The second-order valence-electron chi connectivity index (χ2n) is 6.95. The van der Waals surface area contributed by atoms with Crippen LogP contribution in [-0.4, -0.2) is 50.5 Å². The lowest BCUT2D eigenvalue weighted by Gasteiger charge is -2.31. The van der Waals surface area contributed by atoms with Crippen molar-refractivity contribution in [3.8, 4) is 0 Å². The molecule has 0 fully saturated rings. The number of carbonyl (C=O) groups is 2. The van der Waals surface area contributed by atoms with E-state index in [-0.39, 0.29) is 28.2 Å². The molecule has 0 aliphatic carbocycles. The Balaban J connectivity index is 2.38. The maximum absolute atomic E-state index is 13.3. The molecule has 0 saturated carbocycles. The summed E-state index contributed by atoms with van der Waals surface area (Å²) in [6.45, 7) is 3.46. The Morgan fingerprint density at radius 3 is 2.26 bits per heavy atom. The van der Waals surface area contributed by atoms with E-state index in [0.29, 0.717) is 6.54 Å². The Labute approximate surface area is 193 Å². The minimum absolute atomic E-state index is 0.150. The summed E-state index contributed by atoms with van der Waals surface area (Å²) in [6.07, 6.45) is 0.998. The van der Waals surface area contributed by atoms with E-state index in [2.05, 4.69) is 5.32 Å². The van der Waals surface area contributed by atoms with Gasteiger partial charge in [-0.1, -0.05) is 53.5 Å². The van der Waals surface area contributed by atoms with Gasteiger partial charge in [0.15, 0.2) is 0 Å². The highest BCUT2D eigenvalue weighted by atomic mass is 35.5. The minimum Gasteiger partial charge on any atom is -0.355 e. The van der Waals surface area contributed by atoms with E-state index in [9.17, 15) is 18.0 Å². The van der Waals surface area contributed by atoms with E-state index in [4.69, 9.17) is 23.2 Å². The highest BCUT2D eigenvalue weighted by Gasteiger charge is 2.30. The average molecular weight is 486 g/mol. The van der Waals surface area contributed by atoms with Crippen LogP contribution in [0.5, 0.6) is 0 Å². The third-order valence-corrected chi connectivity index (χ3v) is 6.46. The third-order valence-electron chi connectivity index (χ3n) is 4.58. The van der Waals surface area contributed by atoms with Gasteiger partial charge in [-0.25, -0.2) is 8.42 Å². The van der Waals surface area contributed by atoms with Crippen molar-refractivity contribution in [1.29, 1.82) is 0 Å². The molecule has 0 spiro atoms. The number of benzene rings is 2. The van der Waals surface area contributed by atoms with Crippen molar-refractivity contribution in [3.05, 3.63) is 64.1 Å². The van der Waals surface area contributed by atoms with E-state index < -0.39 is 28.5 Å². The molecule has 0 aromatic heterocycles. The molecule has 31 heavy (non-hydrogen) atoms. The molecule has 10 heteroatoms. The number of rotatable bonds is 9. The molecule has 0 radical (unpaired) electrons. The Hall–Kier alpha value is -2.29. The second kappa shape index (κ2) is 10.8. The zero-order valence-electron chi connectivity index (χ0n) is 17.5. The fourth-order valence-electron chi connectivity index (χ4n) is 2.94. The van der Waals surface area contributed by atoms with Crippen LogP contribution in [-0.2, 0) is 26.2 Å². The molecular formula is C21H25Cl2N3O4S. The first-order valence-corrected chi connectivity index (χ1v) is 12.2. The topological polar surface area (TPSA) is 86.8 Å². The number of carbonyl (C=O) groups excluding carboxylic acids is 2. The van der Waals surface area contributed by atoms with Crippen molar-refractivity contribution in [3.63, 3.8) is 0 Å². The van der Waals surface area contributed by atoms with Crippen LogP contribution in [0.2, 0.25) is 10.0 Å². The van der Waals surface area contributed by atoms with Gasteiger partial charge >= 0.3 is 0 Å². The fraction of sp³-hybridized carbons (Fsp3) is 0.333. The molecule has 168 valence electrons. The number of hydrogen-bond donors (Lipinski definition) is 1. The van der Waals surface area contributed by atoms with Gasteiger partial charge in [-0.15, -0.1) is 0 Å². The number of hydrogen-bond acceptors (Lipinski definition) is 4. The summed E-state index contributed by atoms with van der Waals surface area (Å²) in [6, 6.07) is 12.7. The van der Waals surface area contributed by atoms with E-state index >= 15 is 0 Å². The average Bonchev–Trinajstić information content (AvgIpc) is 2.72. The van der Waals surface area contributed by atoms with Gasteiger partial charge in [0.1, 0.15) is 12.6 Å². The molecular weight excluding hydrogens is 461 g/mol. The molecule has 2 amide bonds. The van der Waals surface area contributed by atoms with Crippen LogP contribution < -0.4 is 9.62 Å². The molecule has 7 nitrogen and oxygen atoms in total. The van der Waals surface area contributed by atoms with Crippen LogP contribution in [0.25, 0.3) is 0 Å². The predicted molar refractivity (Wildman–Crippen MR) is 124 cm³/mol. The van der Waals surface area contributed by atoms with Gasteiger partial charge in [-0.3, -0.25) is 13.9 Å². The predicted octanol–water partition coefficient (Wildman–Crippen LogP) is 3.31. The van der Waals surface area contributed by atoms with Gasteiger partial charge < -0.3 is 10.2 Å². The van der Waals surface area contributed by atoms with Crippen LogP contribution in [0.4, 0.5) is 5.69 Å². The number of likely N-dealkylation sites (N-methyl/N-ethyl adjacent to an activating group) is 1. The van der Waals surface area contributed by atoms with Crippen LogP contribution in [0, 0.1) is 0 Å². The number of sulfonamides is 1. The Morgan fingerprint density at radius 1 is 1.06 bits per heavy atom. The largest absolute Gasteiger partial charge is 0.355 e. The summed E-state index contributed by atoms with van der Waals surface area (Å²) in [5, 5.41) is 3.13. The normalized spacial score (nSPS) is 12.2. The first-order chi connectivity index (χ1) is 14.5. The Kier molecular flexibility index (Phi) is 8.73. The van der Waals surface area contributed by atoms with Crippen LogP contribution in [0.15, 0.2) is 48.5 Å². The van der Waals surface area contributed by atoms with Gasteiger partial charge in [0.05, 0.1) is 22.0 Å². The highest BCUT2D eigenvalue weighted by molar-refractivity contribution is 7.92. The summed E-state index contributed by atoms with van der Waals surface area (Å²) >= 11 is 12.0. The molecule has 0 aliphatic rings. The van der Waals surface area contributed by atoms with Gasteiger partial charge in [0.25, 0.3) is 0 Å². The van der Waals surface area contributed by atoms with Gasteiger partial charge in [0, 0.05) is 13.1 Å². The molecule has 0 saturated heterocycles.